The third-order valence-corrected chi connectivity index (χ3v) is 31.7. The highest BCUT2D eigenvalue weighted by molar-refractivity contribution is 7.86. The largest absolute Gasteiger partial charge is 0.468 e. The van der Waals surface area contributed by atoms with Crippen molar-refractivity contribution in [1.29, 1.82) is 0 Å². The molecular formula is C32H86N4O22S4Si8. The number of hydrogen-bond acceptors (Lipinski definition) is 22. The predicted molar refractivity (Wildman–Crippen MR) is 289 cm³/mol. The van der Waals surface area contributed by atoms with Crippen molar-refractivity contribution in [3.8, 4) is 0 Å². The Hall–Kier alpha value is 0.815. The monoisotopic (exact) mass is 1230 g/mol. The Kier molecular flexibility index (Phi) is 38.8. The molecular weight excluding hydrogens is 1150 g/mol. The highest BCUT2D eigenvalue weighted by Gasteiger charge is 2.36. The summed E-state index contributed by atoms with van der Waals surface area (Å²) >= 11 is 0. The van der Waals surface area contributed by atoms with E-state index in [0.29, 0.717) is 80.1 Å². The molecule has 0 spiro atoms. The summed E-state index contributed by atoms with van der Waals surface area (Å²) in [6.45, 7) is 6.93. The zero-order valence-corrected chi connectivity index (χ0v) is 58.1. The lowest BCUT2D eigenvalue weighted by Crippen LogP contribution is -2.46. The van der Waals surface area contributed by atoms with Crippen LogP contribution >= 0.6 is 0 Å². The van der Waals surface area contributed by atoms with Gasteiger partial charge in [-0.05, 0) is 64.7 Å². The van der Waals surface area contributed by atoms with Gasteiger partial charge in [0.1, 0.15) is 61.5 Å². The zero-order chi connectivity index (χ0) is 53.3. The number of aliphatic hydroxyl groups is 2. The second-order valence-corrected chi connectivity index (χ2v) is 36.6. The van der Waals surface area contributed by atoms with E-state index in [-0.39, 0.29) is 117 Å². The number of aliphatic hydroxyl groups excluding tert-OH is 2. The molecule has 6 N–H and O–H groups in total. The SMILES string of the molecule is C[SiH2]O[Si](CCCOCC(O)CN(CCCS(=O)(=O)O)CCN(CCCS(=O)(=O)O)CCN(CCCS(=O)(=O)O)CCN(CCCS(=O)(=O)O)CC(O)COCCC[Si](O[SiH3])(O[SiH3])O[SiH2]C)(O[SiH3])O[SiH3]. The average Bonchev–Trinajstić information content (AvgIpc) is 3.25. The summed E-state index contributed by atoms with van der Waals surface area (Å²) in [6, 6.07) is 1.18. The van der Waals surface area contributed by atoms with Gasteiger partial charge in [-0.3, -0.25) is 28.0 Å². The first-order valence-electron chi connectivity index (χ1n) is 23.4. The molecule has 0 bridgehead atoms. The Morgan fingerprint density at radius 3 is 0.943 bits per heavy atom. The molecule has 70 heavy (non-hydrogen) atoms. The van der Waals surface area contributed by atoms with Gasteiger partial charge in [0.05, 0.1) is 48.4 Å². The Bertz CT molecular complexity index is 1680. The molecule has 0 aromatic carbocycles. The molecule has 0 rings (SSSR count). The Balaban J connectivity index is 6.10. The van der Waals surface area contributed by atoms with E-state index >= 15 is 0 Å². The van der Waals surface area contributed by atoms with Crippen LogP contribution in [0.1, 0.15) is 38.5 Å². The molecule has 0 aromatic rings. The standard InChI is InChI=1S/C32H86N4O22S4Si8/c1-67-57-69(53-63,54-64)25-7-19-51-29-31(37)27-35(11-5-23-61(45,46)47)17-15-33(9-3-21-59(39,40)41)13-14-34(10-4-22-60(42,43)44)16-18-36(12-6-24-62(48,49)50)28-32(38)30-52-20-8-26-70(55-65,56-66)58-68-2/h31-32,37-38H,3-30,67-68H2,1-2,63-66H3,(H,39,40,41)(H,42,43,44)(H,45,46,47)(H,48,49,50). The molecule has 0 saturated carbocycles. The summed E-state index contributed by atoms with van der Waals surface area (Å²) in [4.78, 5) is 7.37. The van der Waals surface area contributed by atoms with Gasteiger partial charge in [-0.25, -0.2) is 0 Å². The molecule has 38 heteroatoms. The summed E-state index contributed by atoms with van der Waals surface area (Å²) in [5, 5.41) is 21.9. The van der Waals surface area contributed by atoms with Gasteiger partial charge in [0.2, 0.25) is 0 Å². The second kappa shape index (κ2) is 38.4. The average molecular weight is 1230 g/mol. The van der Waals surface area contributed by atoms with E-state index in [4.69, 9.17) is 34.2 Å². The molecule has 0 saturated heterocycles. The fraction of sp³-hybridized carbons (Fsp3) is 1.00. The maximum absolute atomic E-state index is 11.7. The van der Waals surface area contributed by atoms with E-state index < -0.39 is 113 Å². The smallest absolute Gasteiger partial charge is 0.425 e. The highest BCUT2D eigenvalue weighted by Crippen LogP contribution is 2.16. The van der Waals surface area contributed by atoms with Crippen LogP contribution < -0.4 is 0 Å². The normalized spacial score (nSPS) is 16.3. The minimum Gasteiger partial charge on any atom is -0.425 e. The van der Waals surface area contributed by atoms with Crippen LogP contribution in [0, 0.1) is 0 Å². The van der Waals surface area contributed by atoms with Crippen molar-refractivity contribution in [2.45, 2.75) is 75.9 Å². The molecule has 0 heterocycles. The molecule has 0 aliphatic rings. The molecule has 0 aromatic heterocycles. The number of ether oxygens (including phenoxy) is 2. The lowest BCUT2D eigenvalue weighted by molar-refractivity contribution is 0.0138. The molecule has 2 unspecified atom stereocenters. The van der Waals surface area contributed by atoms with E-state index in [9.17, 15) is 62.1 Å². The van der Waals surface area contributed by atoms with Gasteiger partial charge in [-0.2, -0.15) is 33.7 Å². The van der Waals surface area contributed by atoms with Gasteiger partial charge in [-0.1, -0.05) is 13.1 Å². The van der Waals surface area contributed by atoms with E-state index in [1.54, 1.807) is 9.80 Å². The summed E-state index contributed by atoms with van der Waals surface area (Å²) in [6.07, 6.45) is -0.648. The zero-order valence-electron chi connectivity index (χ0n) is 42.0. The molecule has 0 aliphatic heterocycles. The van der Waals surface area contributed by atoms with E-state index in [1.807, 2.05) is 22.9 Å². The molecule has 0 fully saturated rings. The van der Waals surface area contributed by atoms with Crippen LogP contribution in [0.5, 0.6) is 0 Å². The quantitative estimate of drug-likeness (QED) is 0.0187. The minimum atomic E-state index is -4.31. The predicted octanol–water partition coefficient (Wildman–Crippen LogP) is -7.80. The van der Waals surface area contributed by atoms with E-state index in [2.05, 4.69) is 0 Å². The summed E-state index contributed by atoms with van der Waals surface area (Å²) in [5.41, 5.74) is 0. The van der Waals surface area contributed by atoms with Crippen molar-refractivity contribution in [3.05, 3.63) is 0 Å². The first-order chi connectivity index (χ1) is 32.7. The van der Waals surface area contributed by atoms with Crippen molar-refractivity contribution < 1.29 is 96.3 Å². The maximum atomic E-state index is 11.7. The van der Waals surface area contributed by atoms with E-state index in [1.165, 1.54) is 0 Å². The van der Waals surface area contributed by atoms with Gasteiger partial charge < -0.3 is 54.2 Å². The van der Waals surface area contributed by atoms with Crippen molar-refractivity contribution in [3.63, 3.8) is 0 Å². The second-order valence-electron chi connectivity index (χ2n) is 16.6. The van der Waals surface area contributed by atoms with Crippen molar-refractivity contribution in [1.82, 2.24) is 19.6 Å². The van der Waals surface area contributed by atoms with Gasteiger partial charge in [0.15, 0.2) is 0 Å². The summed E-state index contributed by atoms with van der Waals surface area (Å²) in [7, 11) is -22.1. The van der Waals surface area contributed by atoms with Crippen molar-refractivity contribution in [2.24, 2.45) is 0 Å². The lowest BCUT2D eigenvalue weighted by Gasteiger charge is -2.32. The number of rotatable bonds is 49. The highest BCUT2D eigenvalue weighted by atomic mass is 32.2. The van der Waals surface area contributed by atoms with Gasteiger partial charge >= 0.3 is 17.6 Å². The van der Waals surface area contributed by atoms with Crippen LogP contribution in [0.4, 0.5) is 0 Å². The first-order valence-corrected chi connectivity index (χ1v) is 40.9. The van der Waals surface area contributed by atoms with Crippen LogP contribution in [-0.4, -0.2) is 301 Å². The van der Waals surface area contributed by atoms with Crippen LogP contribution in [0.15, 0.2) is 0 Å². The maximum Gasteiger partial charge on any atom is 0.468 e. The fourth-order valence-electron chi connectivity index (χ4n) is 7.31. The molecule has 0 radical (unpaired) electrons. The topological polar surface area (TPSA) is 345 Å². The number of nitrogens with zero attached hydrogens (tertiary/aromatic N) is 4. The van der Waals surface area contributed by atoms with Crippen LogP contribution in [0.3, 0.4) is 0 Å². The lowest BCUT2D eigenvalue weighted by atomic mass is 10.2. The molecule has 0 aliphatic carbocycles. The van der Waals surface area contributed by atoms with Gasteiger partial charge in [-0.15, -0.1) is 0 Å². The van der Waals surface area contributed by atoms with Gasteiger partial charge in [0, 0.05) is 77.7 Å². The Morgan fingerprint density at radius 1 is 0.443 bits per heavy atom. The third kappa shape index (κ3) is 39.2. The molecule has 422 valence electrons. The molecule has 0 amide bonds. The summed E-state index contributed by atoms with van der Waals surface area (Å²) < 4.78 is 177. The van der Waals surface area contributed by atoms with Crippen LogP contribution in [-0.2, 0) is 74.6 Å². The summed E-state index contributed by atoms with van der Waals surface area (Å²) in [5.74, 6) is -2.11. The Labute approximate surface area is 436 Å². The molecule has 2 atom stereocenters. The number of hydrogen-bond donors (Lipinski definition) is 6. The van der Waals surface area contributed by atoms with Crippen molar-refractivity contribution >= 4 is 120 Å². The van der Waals surface area contributed by atoms with E-state index in [0.717, 1.165) is 0 Å². The first kappa shape index (κ1) is 70.8. The van der Waals surface area contributed by atoms with Crippen LogP contribution in [0.25, 0.3) is 0 Å². The third-order valence-electron chi connectivity index (χ3n) is 10.8. The van der Waals surface area contributed by atoms with Gasteiger partial charge in [0.25, 0.3) is 40.5 Å². The Morgan fingerprint density at radius 2 is 0.700 bits per heavy atom. The fourth-order valence-corrected chi connectivity index (χ4v) is 28.8. The molecule has 26 nitrogen and oxygen atoms in total. The minimum absolute atomic E-state index is 0.0343. The van der Waals surface area contributed by atoms with Crippen LogP contribution in [0.2, 0.25) is 25.2 Å². The van der Waals surface area contributed by atoms with Crippen molar-refractivity contribution in [2.75, 3.05) is 128 Å².